The second-order valence-electron chi connectivity index (χ2n) is 4.18. The number of nitrogens with zero attached hydrogens (tertiary/aromatic N) is 1. The van der Waals surface area contributed by atoms with Crippen LogP contribution in [-0.4, -0.2) is 26.5 Å². The Morgan fingerprint density at radius 1 is 1.16 bits per heavy atom. The van der Waals surface area contributed by atoms with E-state index in [0.717, 1.165) is 28.1 Å². The number of aliphatic imine (C=N–C) groups is 1. The van der Waals surface area contributed by atoms with Gasteiger partial charge in [-0.15, -0.1) is 0 Å². The van der Waals surface area contributed by atoms with Crippen LogP contribution in [0.3, 0.4) is 0 Å². The quantitative estimate of drug-likeness (QED) is 0.903. The summed E-state index contributed by atoms with van der Waals surface area (Å²) in [6.07, 6.45) is 0.802. The highest BCUT2D eigenvalue weighted by molar-refractivity contribution is 8.17. The van der Waals surface area contributed by atoms with Crippen LogP contribution < -0.4 is 24.9 Å². The van der Waals surface area contributed by atoms with Crippen LogP contribution in [-0.2, 0) is 6.42 Å². The van der Waals surface area contributed by atoms with E-state index in [9.17, 15) is 0 Å². The van der Waals surface area contributed by atoms with Crippen LogP contribution in [0.1, 0.15) is 11.1 Å². The van der Waals surface area contributed by atoms with Crippen molar-refractivity contribution in [3.05, 3.63) is 22.1 Å². The van der Waals surface area contributed by atoms with E-state index in [0.29, 0.717) is 22.4 Å². The molecule has 1 radical (unpaired) electrons. The first-order chi connectivity index (χ1) is 9.19. The summed E-state index contributed by atoms with van der Waals surface area (Å²) in [7, 11) is 4.83. The van der Waals surface area contributed by atoms with E-state index >= 15 is 0 Å². The summed E-state index contributed by atoms with van der Waals surface area (Å²) in [4.78, 5) is 5.55. The first-order valence-corrected chi connectivity index (χ1v) is 6.58. The van der Waals surface area contributed by atoms with E-state index in [4.69, 9.17) is 19.9 Å². The van der Waals surface area contributed by atoms with Crippen molar-refractivity contribution in [1.82, 2.24) is 4.99 Å². The van der Waals surface area contributed by atoms with Crippen molar-refractivity contribution in [2.24, 2.45) is 5.73 Å². The Bertz CT molecular complexity index is 623. The van der Waals surface area contributed by atoms with Crippen molar-refractivity contribution >= 4 is 22.6 Å². The van der Waals surface area contributed by atoms with Crippen LogP contribution in [0.25, 0.3) is 5.70 Å². The van der Waals surface area contributed by atoms with Crippen LogP contribution in [0, 0.1) is 0 Å². The molecule has 0 fully saturated rings. The summed E-state index contributed by atoms with van der Waals surface area (Å²) in [6.45, 7) is 0. The Morgan fingerprint density at radius 2 is 1.89 bits per heavy atom. The molecular weight excluding hydrogens is 264 g/mol. The van der Waals surface area contributed by atoms with Gasteiger partial charge in [0.1, 0.15) is 0 Å². The number of nitrogens with two attached hydrogens (primary N) is 1. The zero-order valence-corrected chi connectivity index (χ0v) is 11.8. The van der Waals surface area contributed by atoms with Gasteiger partial charge in [0.25, 0.3) is 0 Å². The molecule has 1 aromatic carbocycles. The summed E-state index contributed by atoms with van der Waals surface area (Å²) in [5, 5.41) is 0.576. The number of hydrogen-bond donors (Lipinski definition) is 1. The summed E-state index contributed by atoms with van der Waals surface area (Å²) in [5.74, 6) is 1.91. The topological polar surface area (TPSA) is 67.8 Å². The molecule has 0 aromatic heterocycles. The standard InChI is InChI=1S/C13H14N2O3S/c1-16-7-4-6-5-8-10(15-13(14)19-8)9(6)12(18-3)11(7)17-2/h4H,5,14H2,1-3H3/q+1. The average molecular weight is 278 g/mol. The van der Waals surface area contributed by atoms with Gasteiger partial charge in [0.05, 0.1) is 31.8 Å². The number of thioether (sulfide) groups is 1. The smallest absolute Gasteiger partial charge is 0.355 e. The van der Waals surface area contributed by atoms with Crippen molar-refractivity contribution in [3.8, 4) is 17.2 Å². The lowest BCUT2D eigenvalue weighted by atomic mass is 10.1. The minimum atomic E-state index is 0.576. The van der Waals surface area contributed by atoms with Gasteiger partial charge in [-0.2, -0.15) is 0 Å². The molecule has 0 unspecified atom stereocenters. The first-order valence-electron chi connectivity index (χ1n) is 5.77. The maximum absolute atomic E-state index is 5.77. The average Bonchev–Trinajstić information content (AvgIpc) is 2.91. The molecule has 0 atom stereocenters. The SMILES string of the molecule is COc1cc2c(c(OC)c1OC)C1=C(C2)SC(N)=[N+]1. The molecule has 99 valence electrons. The van der Waals surface area contributed by atoms with E-state index in [1.54, 1.807) is 21.3 Å². The van der Waals surface area contributed by atoms with Crippen LogP contribution in [0.15, 0.2) is 11.0 Å². The third-order valence-corrected chi connectivity index (χ3v) is 4.10. The Morgan fingerprint density at radius 3 is 2.53 bits per heavy atom. The van der Waals surface area contributed by atoms with Gasteiger partial charge in [-0.25, -0.2) is 0 Å². The molecule has 1 aliphatic carbocycles. The van der Waals surface area contributed by atoms with Gasteiger partial charge in [-0.3, -0.25) is 5.73 Å². The Kier molecular flexibility index (Phi) is 2.82. The van der Waals surface area contributed by atoms with Crippen LogP contribution in [0.5, 0.6) is 17.2 Å². The molecule has 2 N–H and O–H groups in total. The van der Waals surface area contributed by atoms with Crippen molar-refractivity contribution in [2.45, 2.75) is 6.42 Å². The summed E-state index contributed by atoms with van der Waals surface area (Å²) >= 11 is 1.51. The van der Waals surface area contributed by atoms with E-state index in [-0.39, 0.29) is 0 Å². The molecule has 0 saturated heterocycles. The fourth-order valence-electron chi connectivity index (χ4n) is 2.46. The lowest BCUT2D eigenvalue weighted by molar-refractivity contribution is 0.323. The highest BCUT2D eigenvalue weighted by Crippen LogP contribution is 2.51. The molecule has 19 heavy (non-hydrogen) atoms. The fourth-order valence-corrected chi connectivity index (χ4v) is 3.33. The molecule has 0 amide bonds. The van der Waals surface area contributed by atoms with Gasteiger partial charge in [0.15, 0.2) is 17.2 Å². The normalized spacial score (nSPS) is 16.1. The second-order valence-corrected chi connectivity index (χ2v) is 5.30. The van der Waals surface area contributed by atoms with Gasteiger partial charge in [-0.05, 0) is 16.6 Å². The molecule has 6 heteroatoms. The number of ether oxygens (including phenoxy) is 3. The third kappa shape index (κ3) is 1.67. The molecular formula is C13H14N2O3S+. The number of allylic oxidation sites excluding steroid dienone is 1. The number of benzene rings is 1. The number of amidine groups is 1. The summed E-state index contributed by atoms with van der Waals surface area (Å²) in [5.41, 5.74) is 8.76. The van der Waals surface area contributed by atoms with Gasteiger partial charge in [-0.1, -0.05) is 0 Å². The maximum Gasteiger partial charge on any atom is 0.355 e. The Hall–Kier alpha value is -1.82. The third-order valence-electron chi connectivity index (χ3n) is 3.21. The molecule has 1 aromatic rings. The minimum absolute atomic E-state index is 0.576. The summed E-state index contributed by atoms with van der Waals surface area (Å²) in [6, 6.07) is 1.97. The number of rotatable bonds is 3. The largest absolute Gasteiger partial charge is 0.493 e. The van der Waals surface area contributed by atoms with Crippen molar-refractivity contribution in [3.63, 3.8) is 0 Å². The van der Waals surface area contributed by atoms with E-state index in [2.05, 4.69) is 4.99 Å². The lowest BCUT2D eigenvalue weighted by Gasteiger charge is -2.15. The van der Waals surface area contributed by atoms with E-state index in [1.807, 2.05) is 6.07 Å². The molecule has 0 spiro atoms. The highest BCUT2D eigenvalue weighted by atomic mass is 32.2. The predicted molar refractivity (Wildman–Crippen MR) is 75.6 cm³/mol. The minimum Gasteiger partial charge on any atom is -0.493 e. The first kappa shape index (κ1) is 12.2. The zero-order valence-electron chi connectivity index (χ0n) is 10.9. The molecule has 2 aliphatic rings. The summed E-state index contributed by atoms with van der Waals surface area (Å²) < 4.78 is 16.3. The van der Waals surface area contributed by atoms with Gasteiger partial charge < -0.3 is 14.2 Å². The van der Waals surface area contributed by atoms with Crippen molar-refractivity contribution in [1.29, 1.82) is 0 Å². The van der Waals surface area contributed by atoms with E-state index < -0.39 is 0 Å². The predicted octanol–water partition coefficient (Wildman–Crippen LogP) is 1.33. The molecule has 0 bridgehead atoms. The monoisotopic (exact) mass is 278 g/mol. The van der Waals surface area contributed by atoms with Gasteiger partial charge in [0, 0.05) is 18.2 Å². The Labute approximate surface area is 115 Å². The van der Waals surface area contributed by atoms with Gasteiger partial charge >= 0.3 is 5.17 Å². The van der Waals surface area contributed by atoms with Crippen LogP contribution in [0.2, 0.25) is 0 Å². The fraction of sp³-hybridized carbons (Fsp3) is 0.308. The van der Waals surface area contributed by atoms with Crippen LogP contribution >= 0.6 is 11.8 Å². The molecule has 1 aliphatic heterocycles. The Balaban J connectivity index is 2.24. The van der Waals surface area contributed by atoms with E-state index in [1.165, 1.54) is 11.8 Å². The van der Waals surface area contributed by atoms with Gasteiger partial charge in [0.2, 0.25) is 5.75 Å². The molecule has 0 saturated carbocycles. The highest BCUT2D eigenvalue weighted by Gasteiger charge is 2.38. The van der Waals surface area contributed by atoms with Crippen molar-refractivity contribution < 1.29 is 14.2 Å². The number of fused-ring (bicyclic) bond motifs is 2. The molecule has 5 nitrogen and oxygen atoms in total. The second kappa shape index (κ2) is 4.38. The zero-order chi connectivity index (χ0) is 13.6. The molecule has 3 rings (SSSR count). The number of methoxy groups -OCH3 is 3. The molecule has 1 heterocycles. The maximum atomic E-state index is 5.77. The number of hydrogen-bond acceptors (Lipinski definition) is 6. The van der Waals surface area contributed by atoms with Crippen LogP contribution in [0.4, 0.5) is 0 Å². The van der Waals surface area contributed by atoms with Crippen molar-refractivity contribution in [2.75, 3.05) is 21.3 Å². The lowest BCUT2D eigenvalue weighted by Crippen LogP contribution is -2.10.